The summed E-state index contributed by atoms with van der Waals surface area (Å²) in [6.45, 7) is 0. The van der Waals surface area contributed by atoms with Crippen LogP contribution in [0.15, 0.2) is 24.3 Å². The highest BCUT2D eigenvalue weighted by molar-refractivity contribution is 5.99. The second-order valence-corrected chi connectivity index (χ2v) is 3.85. The van der Waals surface area contributed by atoms with E-state index in [0.717, 1.165) is 0 Å². The molecule has 2 N–H and O–H groups in total. The molecule has 112 valence electrons. The second kappa shape index (κ2) is 7.58. The Morgan fingerprint density at radius 3 is 2.48 bits per heavy atom. The number of nitro benzene ring substituents is 1. The molecule has 0 atom stereocenters. The fourth-order valence-electron chi connectivity index (χ4n) is 1.40. The molecule has 0 aromatic heterocycles. The van der Waals surface area contributed by atoms with Crippen molar-refractivity contribution < 1.29 is 24.0 Å². The summed E-state index contributed by atoms with van der Waals surface area (Å²) in [6.07, 6.45) is -0.312. The number of para-hydroxylation sites is 1. The first-order valence-corrected chi connectivity index (χ1v) is 5.85. The van der Waals surface area contributed by atoms with Gasteiger partial charge in [0.15, 0.2) is 0 Å². The van der Waals surface area contributed by atoms with E-state index in [1.54, 1.807) is 0 Å². The van der Waals surface area contributed by atoms with Crippen LogP contribution in [-0.2, 0) is 14.3 Å². The fourth-order valence-corrected chi connectivity index (χ4v) is 1.40. The van der Waals surface area contributed by atoms with Crippen molar-refractivity contribution in [2.75, 3.05) is 7.11 Å². The average Bonchev–Trinajstić information content (AvgIpc) is 2.49. The van der Waals surface area contributed by atoms with Crippen molar-refractivity contribution in [2.45, 2.75) is 12.8 Å². The third-order valence-corrected chi connectivity index (χ3v) is 2.44. The number of nitro groups is 1. The van der Waals surface area contributed by atoms with E-state index >= 15 is 0 Å². The zero-order valence-corrected chi connectivity index (χ0v) is 11.1. The van der Waals surface area contributed by atoms with Gasteiger partial charge in [-0.2, -0.15) is 0 Å². The van der Waals surface area contributed by atoms with Crippen molar-refractivity contribution in [3.8, 4) is 0 Å². The van der Waals surface area contributed by atoms with Gasteiger partial charge < -0.3 is 4.74 Å². The largest absolute Gasteiger partial charge is 0.469 e. The maximum Gasteiger partial charge on any atom is 0.306 e. The van der Waals surface area contributed by atoms with Crippen molar-refractivity contribution in [3.63, 3.8) is 0 Å². The number of amides is 2. The highest BCUT2D eigenvalue weighted by Crippen LogP contribution is 2.16. The molecule has 1 aromatic carbocycles. The number of benzene rings is 1. The van der Waals surface area contributed by atoms with E-state index < -0.39 is 22.7 Å². The minimum atomic E-state index is -0.825. The van der Waals surface area contributed by atoms with Gasteiger partial charge in [0.25, 0.3) is 11.6 Å². The van der Waals surface area contributed by atoms with E-state index in [-0.39, 0.29) is 24.1 Å². The Hall–Kier alpha value is -2.97. The Kier molecular flexibility index (Phi) is 5.80. The van der Waals surface area contributed by atoms with Crippen molar-refractivity contribution in [2.24, 2.45) is 0 Å². The smallest absolute Gasteiger partial charge is 0.306 e. The monoisotopic (exact) mass is 295 g/mol. The van der Waals surface area contributed by atoms with Gasteiger partial charge in [0.1, 0.15) is 5.56 Å². The molecule has 9 heteroatoms. The molecule has 0 aliphatic carbocycles. The number of esters is 1. The molecule has 0 aliphatic rings. The molecular formula is C12H13N3O6. The van der Waals surface area contributed by atoms with Crippen molar-refractivity contribution in [1.82, 2.24) is 10.9 Å². The van der Waals surface area contributed by atoms with Gasteiger partial charge in [0, 0.05) is 12.5 Å². The molecule has 0 spiro atoms. The SMILES string of the molecule is COC(=O)CCC(=O)NNC(=O)c1ccccc1[N+](=O)[O-]. The topological polar surface area (TPSA) is 128 Å². The lowest BCUT2D eigenvalue weighted by molar-refractivity contribution is -0.385. The number of ether oxygens (including phenoxy) is 1. The Bertz CT molecular complexity index is 572. The molecule has 0 bridgehead atoms. The van der Waals surface area contributed by atoms with Crippen LogP contribution in [0, 0.1) is 10.1 Å². The summed E-state index contributed by atoms with van der Waals surface area (Å²) in [6, 6.07) is 5.31. The average molecular weight is 295 g/mol. The van der Waals surface area contributed by atoms with Gasteiger partial charge in [-0.1, -0.05) is 12.1 Å². The maximum atomic E-state index is 11.7. The Balaban J connectivity index is 2.57. The van der Waals surface area contributed by atoms with Crippen LogP contribution in [-0.4, -0.2) is 29.8 Å². The number of nitrogens with one attached hydrogen (secondary N) is 2. The third kappa shape index (κ3) is 4.90. The summed E-state index contributed by atoms with van der Waals surface area (Å²) >= 11 is 0. The van der Waals surface area contributed by atoms with Crippen LogP contribution in [0.5, 0.6) is 0 Å². The van der Waals surface area contributed by atoms with Crippen LogP contribution in [0.2, 0.25) is 0 Å². The Morgan fingerprint density at radius 2 is 1.86 bits per heavy atom. The van der Waals surface area contributed by atoms with Gasteiger partial charge in [-0.05, 0) is 6.07 Å². The standard InChI is InChI=1S/C12H13N3O6/c1-21-11(17)7-6-10(16)13-14-12(18)8-4-2-3-5-9(8)15(19)20/h2-5H,6-7H2,1H3,(H,13,16)(H,14,18). The zero-order chi connectivity index (χ0) is 15.8. The van der Waals surface area contributed by atoms with Gasteiger partial charge in [-0.3, -0.25) is 35.3 Å². The molecule has 0 aliphatic heterocycles. The van der Waals surface area contributed by atoms with Gasteiger partial charge in [0.05, 0.1) is 18.5 Å². The fraction of sp³-hybridized carbons (Fsp3) is 0.250. The van der Waals surface area contributed by atoms with Gasteiger partial charge >= 0.3 is 5.97 Å². The third-order valence-electron chi connectivity index (χ3n) is 2.44. The first-order chi connectivity index (χ1) is 9.95. The molecule has 0 heterocycles. The molecule has 0 unspecified atom stereocenters. The summed E-state index contributed by atoms with van der Waals surface area (Å²) in [4.78, 5) is 44.0. The van der Waals surface area contributed by atoms with Gasteiger partial charge in [-0.15, -0.1) is 0 Å². The highest BCUT2D eigenvalue weighted by Gasteiger charge is 2.19. The Labute approximate surface area is 119 Å². The second-order valence-electron chi connectivity index (χ2n) is 3.85. The van der Waals surface area contributed by atoms with Crippen LogP contribution >= 0.6 is 0 Å². The lowest BCUT2D eigenvalue weighted by Crippen LogP contribution is -2.41. The predicted molar refractivity (Wildman–Crippen MR) is 70.0 cm³/mol. The maximum absolute atomic E-state index is 11.7. The lowest BCUT2D eigenvalue weighted by Gasteiger charge is -2.07. The number of carbonyl (C=O) groups is 3. The molecule has 9 nitrogen and oxygen atoms in total. The number of rotatable bonds is 5. The molecule has 1 aromatic rings. The molecule has 0 fully saturated rings. The molecular weight excluding hydrogens is 282 g/mol. The van der Waals surface area contributed by atoms with E-state index in [1.165, 1.54) is 31.4 Å². The summed E-state index contributed by atoms with van der Waals surface area (Å²) in [5.74, 6) is -2.00. The van der Waals surface area contributed by atoms with E-state index in [2.05, 4.69) is 10.2 Å². The van der Waals surface area contributed by atoms with Crippen molar-refractivity contribution in [1.29, 1.82) is 0 Å². The number of methoxy groups -OCH3 is 1. The van der Waals surface area contributed by atoms with Crippen LogP contribution in [0.3, 0.4) is 0 Å². The predicted octanol–water partition coefficient (Wildman–Crippen LogP) is 0.309. The van der Waals surface area contributed by atoms with Crippen LogP contribution < -0.4 is 10.9 Å². The number of hydrogen-bond acceptors (Lipinski definition) is 6. The number of carbonyl (C=O) groups excluding carboxylic acids is 3. The normalized spacial score (nSPS) is 9.57. The van der Waals surface area contributed by atoms with Crippen LogP contribution in [0.25, 0.3) is 0 Å². The zero-order valence-electron chi connectivity index (χ0n) is 11.1. The van der Waals surface area contributed by atoms with E-state index in [1.807, 2.05) is 5.43 Å². The van der Waals surface area contributed by atoms with Gasteiger partial charge in [-0.25, -0.2) is 0 Å². The molecule has 0 radical (unpaired) electrons. The molecule has 2 amide bonds. The minimum absolute atomic E-state index is 0.135. The number of hydrogen-bond donors (Lipinski definition) is 2. The van der Waals surface area contributed by atoms with Crippen molar-refractivity contribution in [3.05, 3.63) is 39.9 Å². The molecule has 0 saturated carbocycles. The molecule has 1 rings (SSSR count). The highest BCUT2D eigenvalue weighted by atomic mass is 16.6. The summed E-state index contributed by atoms with van der Waals surface area (Å²) in [5, 5.41) is 10.8. The summed E-state index contributed by atoms with van der Waals surface area (Å²) in [5.41, 5.74) is 3.54. The summed E-state index contributed by atoms with van der Waals surface area (Å²) < 4.78 is 4.36. The molecule has 21 heavy (non-hydrogen) atoms. The van der Waals surface area contributed by atoms with E-state index in [0.29, 0.717) is 0 Å². The quantitative estimate of drug-likeness (QED) is 0.457. The lowest BCUT2D eigenvalue weighted by atomic mass is 10.2. The summed E-state index contributed by atoms with van der Waals surface area (Å²) in [7, 11) is 1.19. The van der Waals surface area contributed by atoms with E-state index in [9.17, 15) is 24.5 Å². The Morgan fingerprint density at radius 1 is 1.19 bits per heavy atom. The van der Waals surface area contributed by atoms with Crippen molar-refractivity contribution >= 4 is 23.5 Å². The first-order valence-electron chi connectivity index (χ1n) is 5.85. The van der Waals surface area contributed by atoms with Crippen LogP contribution in [0.4, 0.5) is 5.69 Å². The van der Waals surface area contributed by atoms with Gasteiger partial charge in [0.2, 0.25) is 5.91 Å². The minimum Gasteiger partial charge on any atom is -0.469 e. The number of hydrazine groups is 1. The van der Waals surface area contributed by atoms with Crippen LogP contribution in [0.1, 0.15) is 23.2 Å². The first kappa shape index (κ1) is 16.1. The number of nitrogens with zero attached hydrogens (tertiary/aromatic N) is 1. The van der Waals surface area contributed by atoms with E-state index in [4.69, 9.17) is 0 Å². The molecule has 0 saturated heterocycles.